The number of ether oxygens (including phenoxy) is 1. The van der Waals surface area contributed by atoms with Gasteiger partial charge in [0, 0.05) is 0 Å². The predicted octanol–water partition coefficient (Wildman–Crippen LogP) is -3.25. The van der Waals surface area contributed by atoms with Gasteiger partial charge in [-0.15, -0.1) is 0 Å². The fourth-order valence-electron chi connectivity index (χ4n) is 1.06. The third kappa shape index (κ3) is 1.45. The average Bonchev–Trinajstić information content (AvgIpc) is 2.09. The van der Waals surface area contributed by atoms with Crippen LogP contribution in [0.1, 0.15) is 0 Å². The number of rotatable bonds is 1. The molecule has 0 spiro atoms. The minimum absolute atomic E-state index is 0.102. The van der Waals surface area contributed by atoms with Crippen LogP contribution in [0.3, 0.4) is 0 Å². The zero-order valence-electron chi connectivity index (χ0n) is 6.42. The second-order valence-corrected chi connectivity index (χ2v) is 2.91. The highest BCUT2D eigenvalue weighted by atomic mass is 16.7. The van der Waals surface area contributed by atoms with E-state index in [1.807, 2.05) is 0 Å². The molecule has 0 aromatic heterocycles. The standard InChI is InChI=1S/C6H13NO5/c7-3-1-12-6(11,2-8)5(10)4(3)9/h3-5,8-11H,1-2,7H2/t3-,4-,5+,6-/m1/s1. The molecule has 1 fully saturated rings. The van der Waals surface area contributed by atoms with Crippen LogP contribution in [0, 0.1) is 0 Å². The first-order chi connectivity index (χ1) is 5.51. The van der Waals surface area contributed by atoms with Gasteiger partial charge in [-0.05, 0) is 0 Å². The molecule has 1 aliphatic rings. The number of nitrogens with two attached hydrogens (primary N) is 1. The first-order valence-corrected chi connectivity index (χ1v) is 3.60. The van der Waals surface area contributed by atoms with Crippen molar-refractivity contribution in [2.75, 3.05) is 13.2 Å². The van der Waals surface area contributed by atoms with Crippen LogP contribution in [0.15, 0.2) is 0 Å². The van der Waals surface area contributed by atoms with Gasteiger partial charge >= 0.3 is 0 Å². The zero-order valence-corrected chi connectivity index (χ0v) is 6.42. The molecule has 1 rings (SSSR count). The van der Waals surface area contributed by atoms with Gasteiger partial charge in [-0.25, -0.2) is 0 Å². The SMILES string of the molecule is N[C@@H]1CO[C@](O)(CO)[C@@H](O)[C@@H]1O. The smallest absolute Gasteiger partial charge is 0.218 e. The van der Waals surface area contributed by atoms with E-state index < -0.39 is 30.6 Å². The Balaban J connectivity index is 2.71. The molecule has 6 nitrogen and oxygen atoms in total. The lowest BCUT2D eigenvalue weighted by Gasteiger charge is -2.40. The van der Waals surface area contributed by atoms with Crippen molar-refractivity contribution in [3.63, 3.8) is 0 Å². The van der Waals surface area contributed by atoms with Gasteiger partial charge in [-0.1, -0.05) is 0 Å². The van der Waals surface area contributed by atoms with Crippen molar-refractivity contribution in [2.24, 2.45) is 5.73 Å². The first-order valence-electron chi connectivity index (χ1n) is 3.60. The normalized spacial score (nSPS) is 49.2. The maximum Gasteiger partial charge on any atom is 0.218 e. The second kappa shape index (κ2) is 3.25. The van der Waals surface area contributed by atoms with E-state index in [-0.39, 0.29) is 6.61 Å². The number of aliphatic hydroxyl groups is 4. The minimum atomic E-state index is -2.09. The van der Waals surface area contributed by atoms with Gasteiger partial charge < -0.3 is 30.9 Å². The molecule has 0 bridgehead atoms. The van der Waals surface area contributed by atoms with Gasteiger partial charge in [0.15, 0.2) is 0 Å². The summed E-state index contributed by atoms with van der Waals surface area (Å²) in [5, 5.41) is 36.3. The van der Waals surface area contributed by atoms with Crippen molar-refractivity contribution in [1.29, 1.82) is 0 Å². The van der Waals surface area contributed by atoms with E-state index in [4.69, 9.17) is 10.8 Å². The molecule has 0 saturated carbocycles. The highest BCUT2D eigenvalue weighted by Crippen LogP contribution is 2.22. The summed E-state index contributed by atoms with van der Waals surface area (Å²) >= 11 is 0. The highest BCUT2D eigenvalue weighted by molar-refractivity contribution is 4.92. The Morgan fingerprint density at radius 1 is 1.50 bits per heavy atom. The van der Waals surface area contributed by atoms with Gasteiger partial charge in [0.05, 0.1) is 19.3 Å². The molecule has 0 unspecified atom stereocenters. The summed E-state index contributed by atoms with van der Waals surface area (Å²) < 4.78 is 4.68. The summed E-state index contributed by atoms with van der Waals surface area (Å²) in [6, 6.07) is -0.744. The van der Waals surface area contributed by atoms with Crippen LogP contribution >= 0.6 is 0 Å². The third-order valence-electron chi connectivity index (χ3n) is 1.98. The summed E-state index contributed by atoms with van der Waals surface area (Å²) in [4.78, 5) is 0. The van der Waals surface area contributed by atoms with Gasteiger partial charge in [0.25, 0.3) is 0 Å². The Bertz CT molecular complexity index is 166. The monoisotopic (exact) mass is 179 g/mol. The lowest BCUT2D eigenvalue weighted by molar-refractivity contribution is -0.315. The molecule has 4 atom stereocenters. The number of hydrogen-bond donors (Lipinski definition) is 5. The largest absolute Gasteiger partial charge is 0.391 e. The molecule has 1 aliphatic heterocycles. The lowest BCUT2D eigenvalue weighted by Crippen LogP contribution is -2.64. The van der Waals surface area contributed by atoms with Crippen molar-refractivity contribution in [1.82, 2.24) is 0 Å². The van der Waals surface area contributed by atoms with E-state index in [9.17, 15) is 15.3 Å². The van der Waals surface area contributed by atoms with E-state index in [1.54, 1.807) is 0 Å². The molecule has 6 N–H and O–H groups in total. The maximum absolute atomic E-state index is 9.30. The van der Waals surface area contributed by atoms with Crippen LogP contribution in [0.4, 0.5) is 0 Å². The number of hydrogen-bond acceptors (Lipinski definition) is 6. The van der Waals surface area contributed by atoms with Crippen LogP contribution in [0.25, 0.3) is 0 Å². The Hall–Kier alpha value is -0.240. The third-order valence-corrected chi connectivity index (χ3v) is 1.98. The molecule has 12 heavy (non-hydrogen) atoms. The fraction of sp³-hybridized carbons (Fsp3) is 1.00. The molecule has 0 radical (unpaired) electrons. The van der Waals surface area contributed by atoms with Crippen LogP contribution < -0.4 is 5.73 Å². The van der Waals surface area contributed by atoms with E-state index >= 15 is 0 Å². The topological polar surface area (TPSA) is 116 Å². The van der Waals surface area contributed by atoms with Crippen molar-refractivity contribution in [3.8, 4) is 0 Å². The van der Waals surface area contributed by atoms with Crippen molar-refractivity contribution in [2.45, 2.75) is 24.0 Å². The minimum Gasteiger partial charge on any atom is -0.391 e. The summed E-state index contributed by atoms with van der Waals surface area (Å²) in [6.45, 7) is -0.882. The van der Waals surface area contributed by atoms with Crippen molar-refractivity contribution in [3.05, 3.63) is 0 Å². The van der Waals surface area contributed by atoms with Crippen LogP contribution in [-0.4, -0.2) is 57.7 Å². The molecule has 0 amide bonds. The summed E-state index contributed by atoms with van der Waals surface area (Å²) in [6.07, 6.45) is -2.86. The molecule has 0 aromatic carbocycles. The van der Waals surface area contributed by atoms with E-state index in [0.29, 0.717) is 0 Å². The van der Waals surface area contributed by atoms with Gasteiger partial charge in [-0.3, -0.25) is 0 Å². The molecule has 0 aromatic rings. The van der Waals surface area contributed by atoms with E-state index in [1.165, 1.54) is 0 Å². The molecule has 0 aliphatic carbocycles. The van der Waals surface area contributed by atoms with Gasteiger partial charge in [0.2, 0.25) is 5.79 Å². The average molecular weight is 179 g/mol. The lowest BCUT2D eigenvalue weighted by atomic mass is 9.96. The quantitative estimate of drug-likeness (QED) is 0.288. The highest BCUT2D eigenvalue weighted by Gasteiger charge is 2.47. The Kier molecular flexibility index (Phi) is 2.67. The van der Waals surface area contributed by atoms with Crippen LogP contribution in [0.2, 0.25) is 0 Å². The molecule has 1 saturated heterocycles. The van der Waals surface area contributed by atoms with E-state index in [2.05, 4.69) is 4.74 Å². The van der Waals surface area contributed by atoms with Crippen LogP contribution in [0.5, 0.6) is 0 Å². The Labute approximate surface area is 69.2 Å². The number of aliphatic hydroxyl groups excluding tert-OH is 3. The second-order valence-electron chi connectivity index (χ2n) is 2.91. The summed E-state index contributed by atoms with van der Waals surface area (Å²) in [7, 11) is 0. The van der Waals surface area contributed by atoms with E-state index in [0.717, 1.165) is 0 Å². The van der Waals surface area contributed by atoms with Crippen molar-refractivity contribution < 1.29 is 25.2 Å². The molecule has 6 heteroatoms. The maximum atomic E-state index is 9.30. The molecular formula is C6H13NO5. The molecule has 72 valence electrons. The Morgan fingerprint density at radius 2 is 2.08 bits per heavy atom. The van der Waals surface area contributed by atoms with Crippen LogP contribution in [-0.2, 0) is 4.74 Å². The van der Waals surface area contributed by atoms with Crippen molar-refractivity contribution >= 4 is 0 Å². The predicted molar refractivity (Wildman–Crippen MR) is 38.0 cm³/mol. The summed E-state index contributed by atoms with van der Waals surface area (Å²) in [5.41, 5.74) is 5.32. The fourth-order valence-corrected chi connectivity index (χ4v) is 1.06. The molecular weight excluding hydrogens is 166 g/mol. The molecule has 1 heterocycles. The van der Waals surface area contributed by atoms with Gasteiger partial charge in [-0.2, -0.15) is 0 Å². The summed E-state index contributed by atoms with van der Waals surface area (Å²) in [5.74, 6) is -2.09. The van der Waals surface area contributed by atoms with Gasteiger partial charge in [0.1, 0.15) is 12.2 Å². The Morgan fingerprint density at radius 3 is 2.58 bits per heavy atom. The first kappa shape index (κ1) is 9.85. The zero-order chi connectivity index (χ0) is 9.35.